The van der Waals surface area contributed by atoms with Crippen LogP contribution >= 0.6 is 0 Å². The number of nitrogens with one attached hydrogen (secondary N) is 1. The molecule has 2 rings (SSSR count). The molecule has 0 bridgehead atoms. The van der Waals surface area contributed by atoms with Crippen LogP contribution < -0.4 is 5.32 Å². The van der Waals surface area contributed by atoms with E-state index >= 15 is 0 Å². The molecule has 0 amide bonds. The lowest BCUT2D eigenvalue weighted by atomic mass is 9.89. The maximum atomic E-state index is 5.93. The molecular weight excluding hydrogens is 226 g/mol. The summed E-state index contributed by atoms with van der Waals surface area (Å²) in [6, 6.07) is 2.35. The summed E-state index contributed by atoms with van der Waals surface area (Å²) in [4.78, 5) is 0. The molecule has 0 saturated heterocycles. The van der Waals surface area contributed by atoms with Crippen molar-refractivity contribution < 1.29 is 4.74 Å². The maximum absolute atomic E-state index is 5.93. The van der Waals surface area contributed by atoms with Crippen LogP contribution in [-0.2, 0) is 11.8 Å². The van der Waals surface area contributed by atoms with Crippen LogP contribution in [0.4, 0.5) is 0 Å². The summed E-state index contributed by atoms with van der Waals surface area (Å²) in [5, 5.41) is 7.96. The summed E-state index contributed by atoms with van der Waals surface area (Å²) in [6.07, 6.45) is 7.79. The Hall–Kier alpha value is -0.870. The minimum atomic E-state index is -0.0526. The van der Waals surface area contributed by atoms with Crippen molar-refractivity contribution in [2.45, 2.75) is 50.7 Å². The molecule has 1 aliphatic rings. The largest absolute Gasteiger partial charge is 0.376 e. The molecule has 1 aromatic heterocycles. The Labute approximate surface area is 110 Å². The van der Waals surface area contributed by atoms with Crippen LogP contribution in [0, 0.1) is 0 Å². The monoisotopic (exact) mass is 251 g/mol. The molecule has 1 heterocycles. The first-order valence-corrected chi connectivity index (χ1v) is 7.00. The second-order valence-electron chi connectivity index (χ2n) is 5.24. The van der Waals surface area contributed by atoms with Crippen LogP contribution in [0.3, 0.4) is 0 Å². The molecule has 1 N–H and O–H groups in total. The lowest BCUT2D eigenvalue weighted by molar-refractivity contribution is -0.0387. The van der Waals surface area contributed by atoms with E-state index in [4.69, 9.17) is 4.74 Å². The summed E-state index contributed by atoms with van der Waals surface area (Å²) in [6.45, 7) is 3.21. The van der Waals surface area contributed by atoms with Crippen LogP contribution in [0.25, 0.3) is 0 Å². The van der Waals surface area contributed by atoms with Crippen molar-refractivity contribution >= 4 is 0 Å². The van der Waals surface area contributed by atoms with Gasteiger partial charge in [0.2, 0.25) is 0 Å². The molecule has 1 fully saturated rings. The summed E-state index contributed by atoms with van der Waals surface area (Å²) in [7, 11) is 3.86. The average molecular weight is 251 g/mol. The van der Waals surface area contributed by atoms with Gasteiger partial charge in [-0.25, -0.2) is 0 Å². The highest BCUT2D eigenvalue weighted by atomic mass is 16.5. The smallest absolute Gasteiger partial charge is 0.0887 e. The SMILES string of the molecule is CCCNC(c1ccnn1C)C1(OC)CCCC1. The van der Waals surface area contributed by atoms with Crippen LogP contribution in [0.1, 0.15) is 50.8 Å². The quantitative estimate of drug-likeness (QED) is 0.844. The lowest BCUT2D eigenvalue weighted by Crippen LogP contribution is -2.44. The second-order valence-corrected chi connectivity index (χ2v) is 5.24. The Morgan fingerprint density at radius 3 is 2.72 bits per heavy atom. The minimum absolute atomic E-state index is 0.0526. The van der Waals surface area contributed by atoms with E-state index in [1.54, 1.807) is 0 Å². The summed E-state index contributed by atoms with van der Waals surface area (Å²) < 4.78 is 7.90. The third-order valence-electron chi connectivity index (χ3n) is 4.14. The molecule has 1 aliphatic carbocycles. The first kappa shape index (κ1) is 13.6. The van der Waals surface area contributed by atoms with Crippen LogP contribution in [-0.4, -0.2) is 29.0 Å². The molecular formula is C14H25N3O. The van der Waals surface area contributed by atoms with E-state index in [2.05, 4.69) is 23.4 Å². The van der Waals surface area contributed by atoms with Gasteiger partial charge in [-0.3, -0.25) is 4.68 Å². The highest BCUT2D eigenvalue weighted by Crippen LogP contribution is 2.42. The number of hydrogen-bond acceptors (Lipinski definition) is 3. The third kappa shape index (κ3) is 2.45. The fourth-order valence-corrected chi connectivity index (χ4v) is 3.10. The number of aromatic nitrogens is 2. The highest BCUT2D eigenvalue weighted by molar-refractivity contribution is 5.14. The number of methoxy groups -OCH3 is 1. The number of ether oxygens (including phenoxy) is 1. The van der Waals surface area contributed by atoms with Gasteiger partial charge in [-0.1, -0.05) is 19.8 Å². The minimum Gasteiger partial charge on any atom is -0.376 e. The molecule has 1 unspecified atom stereocenters. The zero-order valence-electron chi connectivity index (χ0n) is 11.8. The standard InChI is InChI=1S/C14H25N3O/c1-4-10-15-13(12-7-11-16-17(12)2)14(18-3)8-5-6-9-14/h7,11,13,15H,4-6,8-10H2,1-3H3. The fourth-order valence-electron chi connectivity index (χ4n) is 3.10. The van der Waals surface area contributed by atoms with E-state index in [9.17, 15) is 0 Å². The molecule has 1 atom stereocenters. The van der Waals surface area contributed by atoms with Crippen molar-refractivity contribution in [3.8, 4) is 0 Å². The van der Waals surface area contributed by atoms with Gasteiger partial charge in [0.05, 0.1) is 17.3 Å². The maximum Gasteiger partial charge on any atom is 0.0887 e. The van der Waals surface area contributed by atoms with Gasteiger partial charge in [-0.05, 0) is 31.9 Å². The molecule has 1 saturated carbocycles. The van der Waals surface area contributed by atoms with E-state index in [0.29, 0.717) is 0 Å². The number of nitrogens with zero attached hydrogens (tertiary/aromatic N) is 2. The average Bonchev–Trinajstić information content (AvgIpc) is 3.01. The third-order valence-corrected chi connectivity index (χ3v) is 4.14. The molecule has 0 spiro atoms. The fraction of sp³-hybridized carbons (Fsp3) is 0.786. The van der Waals surface area contributed by atoms with Crippen LogP contribution in [0.2, 0.25) is 0 Å². The molecule has 0 radical (unpaired) electrons. The van der Waals surface area contributed by atoms with Gasteiger partial charge in [0.1, 0.15) is 0 Å². The molecule has 18 heavy (non-hydrogen) atoms. The molecule has 4 heteroatoms. The summed E-state index contributed by atoms with van der Waals surface area (Å²) in [5.41, 5.74) is 1.18. The van der Waals surface area contributed by atoms with E-state index in [1.165, 1.54) is 18.5 Å². The first-order valence-electron chi connectivity index (χ1n) is 7.00. The molecule has 4 nitrogen and oxygen atoms in total. The van der Waals surface area contributed by atoms with Crippen molar-refractivity contribution in [1.82, 2.24) is 15.1 Å². The van der Waals surface area contributed by atoms with Gasteiger partial charge in [-0.2, -0.15) is 5.10 Å². The molecule has 0 aliphatic heterocycles. The topological polar surface area (TPSA) is 39.1 Å². The molecule has 102 valence electrons. The van der Waals surface area contributed by atoms with Gasteiger partial charge in [0.25, 0.3) is 0 Å². The zero-order valence-corrected chi connectivity index (χ0v) is 11.8. The number of hydrogen-bond donors (Lipinski definition) is 1. The Kier molecular flexibility index (Phi) is 4.40. The highest BCUT2D eigenvalue weighted by Gasteiger charge is 2.43. The van der Waals surface area contributed by atoms with Crippen molar-refractivity contribution in [2.24, 2.45) is 7.05 Å². The lowest BCUT2D eigenvalue weighted by Gasteiger charge is -2.37. The van der Waals surface area contributed by atoms with Crippen molar-refractivity contribution in [3.63, 3.8) is 0 Å². The van der Waals surface area contributed by atoms with Gasteiger partial charge >= 0.3 is 0 Å². The van der Waals surface area contributed by atoms with Crippen LogP contribution in [0.5, 0.6) is 0 Å². The van der Waals surface area contributed by atoms with Gasteiger partial charge in [0.15, 0.2) is 0 Å². The van der Waals surface area contributed by atoms with Gasteiger partial charge < -0.3 is 10.1 Å². The predicted octanol–water partition coefficient (Wildman–Crippen LogP) is 2.42. The van der Waals surface area contributed by atoms with E-state index < -0.39 is 0 Å². The van der Waals surface area contributed by atoms with E-state index in [0.717, 1.165) is 25.8 Å². The van der Waals surface area contributed by atoms with Crippen molar-refractivity contribution in [2.75, 3.05) is 13.7 Å². The van der Waals surface area contributed by atoms with Crippen LogP contribution in [0.15, 0.2) is 12.3 Å². The Balaban J connectivity index is 2.26. The first-order chi connectivity index (χ1) is 8.73. The number of aryl methyl sites for hydroxylation is 1. The Morgan fingerprint density at radius 2 is 2.22 bits per heavy atom. The summed E-state index contributed by atoms with van der Waals surface area (Å²) in [5.74, 6) is 0. The molecule has 0 aromatic carbocycles. The molecule has 1 aromatic rings. The summed E-state index contributed by atoms with van der Waals surface area (Å²) >= 11 is 0. The predicted molar refractivity (Wildman–Crippen MR) is 72.5 cm³/mol. The van der Waals surface area contributed by atoms with Crippen molar-refractivity contribution in [1.29, 1.82) is 0 Å². The Bertz CT molecular complexity index is 369. The second kappa shape index (κ2) is 5.85. The zero-order chi connectivity index (χ0) is 13.0. The van der Waals surface area contributed by atoms with Gasteiger partial charge in [0, 0.05) is 20.4 Å². The number of rotatable bonds is 6. The van der Waals surface area contributed by atoms with E-state index in [1.807, 2.05) is 25.0 Å². The Morgan fingerprint density at radius 1 is 1.50 bits per heavy atom. The van der Waals surface area contributed by atoms with E-state index in [-0.39, 0.29) is 11.6 Å². The van der Waals surface area contributed by atoms with Gasteiger partial charge in [-0.15, -0.1) is 0 Å². The van der Waals surface area contributed by atoms with Crippen molar-refractivity contribution in [3.05, 3.63) is 18.0 Å². The normalized spacial score (nSPS) is 20.2.